The Morgan fingerprint density at radius 1 is 1.41 bits per heavy atom. The van der Waals surface area contributed by atoms with Crippen LogP contribution in [0.4, 0.5) is 10.2 Å². The molecule has 27 heavy (non-hydrogen) atoms. The summed E-state index contributed by atoms with van der Waals surface area (Å²) in [7, 11) is 0. The highest BCUT2D eigenvalue weighted by Crippen LogP contribution is 2.26. The fourth-order valence-corrected chi connectivity index (χ4v) is 2.54. The van der Waals surface area contributed by atoms with E-state index in [4.69, 9.17) is 10.8 Å². The molecule has 1 atom stereocenters. The van der Waals surface area contributed by atoms with Gasteiger partial charge in [0.2, 0.25) is 11.6 Å². The third-order valence-electron chi connectivity index (χ3n) is 3.53. The number of halogens is 2. The lowest BCUT2D eigenvalue weighted by atomic mass is 10.2. The van der Waals surface area contributed by atoms with Crippen LogP contribution in [0.1, 0.15) is 6.42 Å². The maximum atomic E-state index is 13.5. The fraction of sp³-hybridized carbons (Fsp3) is 0.214. The third kappa shape index (κ3) is 3.88. The molecule has 0 bridgehead atoms. The van der Waals surface area contributed by atoms with Gasteiger partial charge in [-0.05, 0) is 50.9 Å². The highest BCUT2D eigenvalue weighted by molar-refractivity contribution is 9.10. The molecule has 0 aliphatic carbocycles. The summed E-state index contributed by atoms with van der Waals surface area (Å²) in [6.45, 7) is 0.152. The highest BCUT2D eigenvalue weighted by Gasteiger charge is 2.23. The van der Waals surface area contributed by atoms with E-state index in [2.05, 4.69) is 45.9 Å². The number of carbonyl (C=O) groups is 1. The molecule has 0 spiro atoms. The largest absolute Gasteiger partial charge is 0.480 e. The summed E-state index contributed by atoms with van der Waals surface area (Å²) in [6, 6.07) is 2.83. The Balaban J connectivity index is 1.91. The normalized spacial score (nSPS) is 12.1. The number of benzene rings is 1. The van der Waals surface area contributed by atoms with Gasteiger partial charge in [0.1, 0.15) is 11.9 Å². The summed E-state index contributed by atoms with van der Waals surface area (Å²) in [5, 5.41) is 22.6. The fourth-order valence-electron chi connectivity index (χ4n) is 2.17. The van der Waals surface area contributed by atoms with Gasteiger partial charge in [0.15, 0.2) is 5.69 Å². The van der Waals surface area contributed by atoms with Gasteiger partial charge in [-0.1, -0.05) is 5.16 Å². The minimum atomic E-state index is -1.14. The maximum absolute atomic E-state index is 13.5. The summed E-state index contributed by atoms with van der Waals surface area (Å²) in [5.74, 6) is -2.40. The summed E-state index contributed by atoms with van der Waals surface area (Å²) < 4.78 is 24.0. The van der Waals surface area contributed by atoms with Crippen LogP contribution in [0.3, 0.4) is 0 Å². The van der Waals surface area contributed by atoms with Crippen LogP contribution in [0.2, 0.25) is 0 Å². The number of hydrogen-bond donors (Lipinski definition) is 3. The van der Waals surface area contributed by atoms with E-state index in [9.17, 15) is 14.0 Å². The minimum absolute atomic E-state index is 0.0372. The number of carboxylic acid groups (broad SMARTS) is 1. The van der Waals surface area contributed by atoms with E-state index in [0.29, 0.717) is 0 Å². The smallest absolute Gasteiger partial charge is 0.446 e. The Labute approximate surface area is 158 Å². The molecule has 1 aromatic carbocycles. The van der Waals surface area contributed by atoms with Crippen LogP contribution in [0.5, 0.6) is 0 Å². The zero-order valence-corrected chi connectivity index (χ0v) is 15.0. The monoisotopic (exact) mass is 442 g/mol. The van der Waals surface area contributed by atoms with Gasteiger partial charge >= 0.3 is 11.7 Å². The molecule has 142 valence electrons. The van der Waals surface area contributed by atoms with E-state index < -0.39 is 23.6 Å². The van der Waals surface area contributed by atoms with E-state index in [1.165, 1.54) is 12.1 Å². The molecule has 2 heterocycles. The van der Waals surface area contributed by atoms with Crippen molar-refractivity contribution in [3.8, 4) is 17.2 Å². The van der Waals surface area contributed by atoms with Gasteiger partial charge in [0, 0.05) is 6.54 Å². The molecule has 0 aliphatic rings. The first kappa shape index (κ1) is 18.7. The molecule has 11 nitrogen and oxygen atoms in total. The standard InChI is InChI=1S/C14H12BrFN6O5/c15-7-5-6(1-2-8(7)16)22-12(21-26-14(22)25)10-11(20-27-19-10)18-4-3-9(17)13(23)24/h1-2,5,9H,3-4,17H2,(H,18,20)(H,23,24)/t9-/m1/s1. The topological polar surface area (TPSA) is 162 Å². The Hall–Kier alpha value is -3.06. The summed E-state index contributed by atoms with van der Waals surface area (Å²) in [5.41, 5.74) is 5.74. The molecule has 0 saturated carbocycles. The Kier molecular flexibility index (Phi) is 5.32. The lowest BCUT2D eigenvalue weighted by Crippen LogP contribution is -2.32. The van der Waals surface area contributed by atoms with Crippen LogP contribution in [0.15, 0.2) is 36.6 Å². The van der Waals surface area contributed by atoms with Gasteiger partial charge in [-0.15, -0.1) is 0 Å². The van der Waals surface area contributed by atoms with Crippen molar-refractivity contribution < 1.29 is 23.4 Å². The van der Waals surface area contributed by atoms with Crippen LogP contribution in [-0.4, -0.2) is 43.7 Å². The predicted octanol–water partition coefficient (Wildman–Crippen LogP) is 0.991. The van der Waals surface area contributed by atoms with Crippen molar-refractivity contribution in [2.75, 3.05) is 11.9 Å². The molecule has 0 unspecified atom stereocenters. The maximum Gasteiger partial charge on any atom is 0.446 e. The van der Waals surface area contributed by atoms with Crippen LogP contribution in [0, 0.1) is 5.82 Å². The first-order valence-electron chi connectivity index (χ1n) is 7.48. The molecule has 3 rings (SSSR count). The number of nitrogens with one attached hydrogen (secondary N) is 1. The first-order chi connectivity index (χ1) is 12.9. The highest BCUT2D eigenvalue weighted by atomic mass is 79.9. The Morgan fingerprint density at radius 3 is 2.89 bits per heavy atom. The zero-order chi connectivity index (χ0) is 19.6. The van der Waals surface area contributed by atoms with Gasteiger partial charge in [0.05, 0.1) is 10.2 Å². The van der Waals surface area contributed by atoms with Gasteiger partial charge < -0.3 is 16.2 Å². The van der Waals surface area contributed by atoms with Gasteiger partial charge in [-0.25, -0.2) is 18.4 Å². The molecule has 3 aromatic rings. The molecule has 0 amide bonds. The van der Waals surface area contributed by atoms with E-state index in [1.54, 1.807) is 0 Å². The third-order valence-corrected chi connectivity index (χ3v) is 4.14. The Morgan fingerprint density at radius 2 is 2.19 bits per heavy atom. The molecule has 13 heteroatoms. The Bertz CT molecular complexity index is 1030. The van der Waals surface area contributed by atoms with Crippen molar-refractivity contribution in [3.63, 3.8) is 0 Å². The number of nitrogens with zero attached hydrogens (tertiary/aromatic N) is 4. The predicted molar refractivity (Wildman–Crippen MR) is 91.8 cm³/mol. The van der Waals surface area contributed by atoms with Crippen LogP contribution in [-0.2, 0) is 4.79 Å². The van der Waals surface area contributed by atoms with E-state index in [0.717, 1.165) is 10.6 Å². The van der Waals surface area contributed by atoms with Crippen LogP contribution >= 0.6 is 15.9 Å². The number of nitrogens with two attached hydrogens (primary N) is 1. The average molecular weight is 443 g/mol. The van der Waals surface area contributed by atoms with Crippen molar-refractivity contribution >= 4 is 27.7 Å². The van der Waals surface area contributed by atoms with E-state index in [-0.39, 0.29) is 40.5 Å². The number of anilines is 1. The second kappa shape index (κ2) is 7.67. The molecule has 4 N–H and O–H groups in total. The van der Waals surface area contributed by atoms with Crippen LogP contribution < -0.4 is 16.8 Å². The van der Waals surface area contributed by atoms with Crippen molar-refractivity contribution in [3.05, 3.63) is 39.0 Å². The molecule has 0 fully saturated rings. The van der Waals surface area contributed by atoms with Gasteiger partial charge in [-0.3, -0.25) is 9.32 Å². The van der Waals surface area contributed by atoms with Crippen LogP contribution in [0.25, 0.3) is 17.2 Å². The number of hydrogen-bond acceptors (Lipinski definition) is 9. The summed E-state index contributed by atoms with van der Waals surface area (Å²) in [6.07, 6.45) is 0.109. The summed E-state index contributed by atoms with van der Waals surface area (Å²) in [4.78, 5) is 22.8. The molecular weight excluding hydrogens is 431 g/mol. The molecule has 0 aliphatic heterocycles. The average Bonchev–Trinajstić information content (AvgIpc) is 3.23. The molecule has 2 aromatic heterocycles. The molecular formula is C14H12BrFN6O5. The van der Waals surface area contributed by atoms with Crippen molar-refractivity contribution in [2.24, 2.45) is 5.73 Å². The van der Waals surface area contributed by atoms with E-state index >= 15 is 0 Å². The minimum Gasteiger partial charge on any atom is -0.480 e. The number of rotatable bonds is 7. The number of carboxylic acids is 1. The number of aliphatic carboxylic acids is 1. The first-order valence-corrected chi connectivity index (χ1v) is 8.27. The zero-order valence-electron chi connectivity index (χ0n) is 13.4. The summed E-state index contributed by atoms with van der Waals surface area (Å²) >= 11 is 3.04. The second-order valence-electron chi connectivity index (χ2n) is 5.33. The van der Waals surface area contributed by atoms with Gasteiger partial charge in [0.25, 0.3) is 0 Å². The molecule has 0 saturated heterocycles. The number of aromatic nitrogens is 4. The lowest BCUT2D eigenvalue weighted by molar-refractivity contribution is -0.138. The lowest BCUT2D eigenvalue weighted by Gasteiger charge is -2.07. The van der Waals surface area contributed by atoms with Crippen molar-refractivity contribution in [1.82, 2.24) is 20.0 Å². The quantitative estimate of drug-likeness (QED) is 0.480. The van der Waals surface area contributed by atoms with E-state index in [1.807, 2.05) is 0 Å². The SMILES string of the molecule is N[C@H](CCNc1nonc1-c1noc(=O)n1-c1ccc(F)c(Br)c1)C(=O)O. The van der Waals surface area contributed by atoms with Gasteiger partial charge in [-0.2, -0.15) is 0 Å². The second-order valence-corrected chi connectivity index (χ2v) is 6.18. The van der Waals surface area contributed by atoms with Crippen molar-refractivity contribution in [1.29, 1.82) is 0 Å². The molecule has 0 radical (unpaired) electrons. The van der Waals surface area contributed by atoms with Crippen molar-refractivity contribution in [2.45, 2.75) is 12.5 Å².